The van der Waals surface area contributed by atoms with Gasteiger partial charge in [-0.25, -0.2) is 0 Å². The van der Waals surface area contributed by atoms with Gasteiger partial charge in [0, 0.05) is 140 Å². The molecule has 0 aromatic heterocycles. The molecule has 28 N–H and O–H groups in total. The number of nitrogens with one attached hydrogen (secondary N) is 20. The molecule has 0 bridgehead atoms. The van der Waals surface area contributed by atoms with Gasteiger partial charge in [0.15, 0.2) is 11.6 Å². The van der Waals surface area contributed by atoms with Gasteiger partial charge in [-0.1, -0.05) is 70.6 Å². The second kappa shape index (κ2) is 85.3. The van der Waals surface area contributed by atoms with Crippen molar-refractivity contribution in [1.82, 2.24) is 106 Å². The minimum Gasteiger partial charge on any atom is -0.437 e. The van der Waals surface area contributed by atoms with Crippen LogP contribution in [0, 0.1) is 111 Å². The van der Waals surface area contributed by atoms with Crippen molar-refractivity contribution in [3.8, 4) is 98.8 Å². The first-order valence-corrected chi connectivity index (χ1v) is 51.6. The van der Waals surface area contributed by atoms with Gasteiger partial charge in [0.25, 0.3) is 0 Å². The number of hydrogen-bond acceptors (Lipinski definition) is 30. The fourth-order valence-corrected chi connectivity index (χ4v) is 16.1. The van der Waals surface area contributed by atoms with Gasteiger partial charge in [-0.2, -0.15) is 0 Å². The number of terminal acetylenes is 8. The second-order valence-corrected chi connectivity index (χ2v) is 37.0. The van der Waals surface area contributed by atoms with Crippen molar-refractivity contribution in [3.63, 3.8) is 0 Å². The first-order chi connectivity index (χ1) is 69.2. The van der Waals surface area contributed by atoms with Gasteiger partial charge in [0.05, 0.1) is 60.4 Å². The number of hydrogen-bond donors (Lipinski definition) is 28. The molecule has 0 aromatic carbocycles. The molecule has 0 aliphatic carbocycles. The van der Waals surface area contributed by atoms with Crippen LogP contribution in [0.1, 0.15) is 238 Å². The van der Waals surface area contributed by atoms with E-state index >= 15 is 0 Å². The smallest absolute Gasteiger partial charge is 0.374 e. The molecular weight excluding hydrogens is 1850 g/mol. The van der Waals surface area contributed by atoms with Crippen LogP contribution in [0.3, 0.4) is 0 Å². The van der Waals surface area contributed by atoms with E-state index in [1.807, 2.05) is 0 Å². The molecule has 0 aromatic rings. The van der Waals surface area contributed by atoms with Crippen molar-refractivity contribution in [2.75, 3.05) is 65.4 Å². The molecule has 14 atom stereocenters. The normalized spacial score (nSPS) is 13.7. The van der Waals surface area contributed by atoms with Crippen molar-refractivity contribution >= 4 is 127 Å². The highest BCUT2D eigenvalue weighted by atomic mass is 16.2. The maximum absolute atomic E-state index is 14.8. The molecule has 0 unspecified atom stereocenters. The molecule has 0 aliphatic heterocycles. The Hall–Kier alpha value is -9.68. The Labute approximate surface area is 866 Å². The molecule has 0 heterocycles. The number of unbranched alkanes of at least 4 members (excludes halogenated alkanes) is 14. The average Bonchev–Trinajstić information content (AvgIpc) is 0.870. The van der Waals surface area contributed by atoms with Gasteiger partial charge in [-0.3, -0.25) is 57.5 Å². The Balaban J connectivity index is 7.28. The lowest BCUT2D eigenvalue weighted by Gasteiger charge is -2.24. The largest absolute Gasteiger partial charge is 0.437 e. The van der Waals surface area contributed by atoms with Gasteiger partial charge in [0.2, 0.25) is 59.1 Å². The SMILES string of the molecule is C#CC[C@H](NB(C)O)C(=O)N[C@@H](CCCCNC(=O)[C@@H](CC#C)NB(C)O)CNCCCC[C@@H](CC(=O)[C@H](CCCCCCNC(=O)[C@@H](CC#C)NB(C)O)NC(=O)[C@H](CC#C)NB(C)O)C(=O)NCCCCCCCNC(=O)[C@@H](CCCCNC[C@H](CCCCNC(=O)[C@@H](CC#C)NB(C)O)NC(=O)[C@H](CC#C)NB(C)O)CC(=O)[C@H](CCCCCCNC(=O)[C@@H](CC#C)NB(C)O)NC(=O)[C@H](CC#C)NB(C)O. The van der Waals surface area contributed by atoms with Gasteiger partial charge in [0.1, 0.15) is 0 Å². The summed E-state index contributed by atoms with van der Waals surface area (Å²) in [4.78, 5) is 166. The van der Waals surface area contributed by atoms with Crippen LogP contribution in [0.25, 0.3) is 0 Å². The van der Waals surface area contributed by atoms with E-state index in [9.17, 15) is 97.7 Å². The fraction of sp³-hybridized carbons (Fsp3) is 0.711. The third-order valence-corrected chi connectivity index (χ3v) is 23.4. The molecule has 145 heavy (non-hydrogen) atoms. The first kappa shape index (κ1) is 135. The third-order valence-electron chi connectivity index (χ3n) is 23.4. The third kappa shape index (κ3) is 69.2. The Morgan fingerprint density at radius 1 is 0.214 bits per heavy atom. The van der Waals surface area contributed by atoms with Crippen LogP contribution in [-0.2, 0) is 57.5 Å². The predicted octanol–water partition coefficient (Wildman–Crippen LogP) is -2.78. The van der Waals surface area contributed by atoms with E-state index in [1.165, 1.54) is 54.6 Å². The maximum atomic E-state index is 14.8. The fourth-order valence-electron chi connectivity index (χ4n) is 16.1. The van der Waals surface area contributed by atoms with E-state index in [4.69, 9.17) is 51.4 Å². The van der Waals surface area contributed by atoms with Crippen molar-refractivity contribution < 1.29 is 97.7 Å². The zero-order valence-corrected chi connectivity index (χ0v) is 87.0. The number of Topliss-reactive ketones (excluding diaryl/α,β-unsaturated/α-hetero) is 2. The van der Waals surface area contributed by atoms with Crippen molar-refractivity contribution in [3.05, 3.63) is 0 Å². The van der Waals surface area contributed by atoms with Gasteiger partial charge in [-0.15, -0.1) is 98.8 Å². The lowest BCUT2D eigenvalue weighted by molar-refractivity contribution is -0.132. The summed E-state index contributed by atoms with van der Waals surface area (Å²) < 4.78 is 0. The van der Waals surface area contributed by atoms with Crippen LogP contribution in [0.5, 0.6) is 0 Å². The highest BCUT2D eigenvalue weighted by Gasteiger charge is 2.35. The van der Waals surface area contributed by atoms with Crippen molar-refractivity contribution in [1.29, 1.82) is 0 Å². The maximum Gasteiger partial charge on any atom is 0.374 e. The molecular formula is C97H168B8N20O20. The quantitative estimate of drug-likeness (QED) is 0.0166. The van der Waals surface area contributed by atoms with Gasteiger partial charge >= 0.3 is 56.4 Å². The topological polar surface area (TPSA) is 607 Å². The van der Waals surface area contributed by atoms with E-state index < -0.39 is 188 Å². The summed E-state index contributed by atoms with van der Waals surface area (Å²) >= 11 is 0. The van der Waals surface area contributed by atoms with Gasteiger partial charge in [-0.05, 0) is 170 Å². The van der Waals surface area contributed by atoms with E-state index in [-0.39, 0.29) is 153 Å². The molecule has 0 rings (SSSR count). The summed E-state index contributed by atoms with van der Waals surface area (Å²) in [6, 6.07) is -10.3. The zero-order chi connectivity index (χ0) is 109. The first-order valence-electron chi connectivity index (χ1n) is 51.6. The average molecular weight is 2020 g/mol. The molecule has 0 aliphatic rings. The van der Waals surface area contributed by atoms with Crippen LogP contribution < -0.4 is 106 Å². The monoisotopic (exact) mass is 2020 g/mol. The molecule has 48 heteroatoms. The molecule has 0 spiro atoms. The van der Waals surface area contributed by atoms with E-state index in [1.54, 1.807) is 0 Å². The molecule has 10 amide bonds. The second-order valence-electron chi connectivity index (χ2n) is 37.0. The number of rotatable bonds is 90. The van der Waals surface area contributed by atoms with Crippen LogP contribution >= 0.6 is 0 Å². The molecule has 40 nitrogen and oxygen atoms in total. The van der Waals surface area contributed by atoms with Crippen LogP contribution in [0.4, 0.5) is 0 Å². The summed E-state index contributed by atoms with van der Waals surface area (Å²) in [7, 11) is -8.32. The number of ketones is 2. The van der Waals surface area contributed by atoms with E-state index in [2.05, 4.69) is 153 Å². The van der Waals surface area contributed by atoms with E-state index in [0.29, 0.717) is 174 Å². The summed E-state index contributed by atoms with van der Waals surface area (Å²) in [5.74, 6) is 12.5. The molecule has 0 radical (unpaired) electrons. The zero-order valence-electron chi connectivity index (χ0n) is 87.0. The summed E-state index contributed by atoms with van der Waals surface area (Å²) in [5, 5.41) is 138. The predicted molar refractivity (Wildman–Crippen MR) is 576 cm³/mol. The molecule has 0 saturated heterocycles. The number of carbonyl (C=O) groups is 12. The molecule has 0 fully saturated rings. The molecule has 800 valence electrons. The highest BCUT2D eigenvalue weighted by molar-refractivity contribution is 6.48. The summed E-state index contributed by atoms with van der Waals surface area (Å²) in [5.41, 5.74) is 0. The summed E-state index contributed by atoms with van der Waals surface area (Å²) in [6.07, 6.45) is 57.0. The van der Waals surface area contributed by atoms with Crippen molar-refractivity contribution in [2.24, 2.45) is 11.8 Å². The Bertz CT molecular complexity index is 3850. The van der Waals surface area contributed by atoms with Gasteiger partial charge < -0.3 is 146 Å². The van der Waals surface area contributed by atoms with Crippen LogP contribution in [0.2, 0.25) is 54.6 Å². The Kier molecular flexibility index (Phi) is 79.6. The minimum absolute atomic E-state index is 0.0130. The minimum atomic E-state index is -1.15. The van der Waals surface area contributed by atoms with Crippen molar-refractivity contribution in [2.45, 2.75) is 365 Å². The number of carbonyl (C=O) groups excluding carboxylic acids is 12. The van der Waals surface area contributed by atoms with E-state index in [0.717, 1.165) is 0 Å². The van der Waals surface area contributed by atoms with Crippen LogP contribution in [-0.4, -0.2) is 305 Å². The lowest BCUT2D eigenvalue weighted by atomic mass is 9.86. The summed E-state index contributed by atoms with van der Waals surface area (Å²) in [6.45, 7) is 14.6. The Morgan fingerprint density at radius 3 is 0.621 bits per heavy atom. The Morgan fingerprint density at radius 2 is 0.393 bits per heavy atom. The molecule has 0 saturated carbocycles. The lowest BCUT2D eigenvalue weighted by Crippen LogP contribution is -2.53. The van der Waals surface area contributed by atoms with Crippen LogP contribution in [0.15, 0.2) is 0 Å². The highest BCUT2D eigenvalue weighted by Crippen LogP contribution is 2.22. The standard InChI is InChI=1S/C97H168B8N20O20/c1-17-46-78(118-98(9)138)90(130)110-64-40-30-26-32-58-76(116-96(136)84(52-23-7)124-104(15)144)86(126)68-72(54-34-42-60-106-70-74(114-94(134)82(50-21-5)122-102(13)142)56-36-44-66-112-92(132)80(48-19-3)120-100(11)140)88(128)108-62-38-28-25-29-39-63-109-89(129)73(69-87(127)77(117-97(137)85(53-24-8)125-105(16)145)59-33-27-31-41-65-111-91(131)79(47-18-2)119-99(10)139)55-35-43-61-107-71-75(115-95(135)83(51-22-6)123-103(14)143)57-37-45-67-113-93(133)81(49-20-4)121-101(12)141/h1-8,72-85,106-107,118-125,138-145H,25-71H2,9-16H3,(H,108,128)(H,109,129)(H,110,130)(H,111,131)(H,112,132)(H,113,133)(H,114,134)(H,115,135)(H,116,136)(H,117,137)/t72-,73-,74-,75-,76-,77-,78+,79+,80+,81+,82-,83-,84-,85-/m0/s1. The number of amides is 10.